The first-order valence-corrected chi connectivity index (χ1v) is 42.3. The van der Waals surface area contributed by atoms with E-state index in [1.165, 1.54) is 33.6 Å². The van der Waals surface area contributed by atoms with Gasteiger partial charge in [-0.25, -0.2) is 28.1 Å². The number of hydrogen-bond acceptors (Lipinski definition) is 18. The number of hydrogen-bond donors (Lipinski definition) is 0. The molecule has 12 heterocycles. The number of carbonyl (C=O) groups is 4. The van der Waals surface area contributed by atoms with Gasteiger partial charge in [-0.3, -0.25) is 19.2 Å². The van der Waals surface area contributed by atoms with Gasteiger partial charge in [0.15, 0.2) is 0 Å². The van der Waals surface area contributed by atoms with E-state index in [0.717, 1.165) is 160 Å². The SMILES string of the molecule is CN1C(=O)c2ccccc2-c2c(nnn2C)-c2ccccc21.CN1C(=O)c2ccccc2-c2c(nnn2C)-c2ccccc21.CN1C(=O)c2ccccc2-c2nnn(C)c2-c2ccccc21.CN1C(=O)c2ccccc2-c2nnn(C)c2-c2ccccc21.CN1Cc2ccccc2-c2c(nnn2C)-c2ccccc21.CN1Cc2ccccc2-c2c(nnn2C)-c2ccccc21. The Bertz CT molecular complexity index is 7050. The van der Waals surface area contributed by atoms with Crippen LogP contribution in [0.5, 0.6) is 0 Å². The third-order valence-corrected chi connectivity index (χ3v) is 24.4. The van der Waals surface area contributed by atoms with E-state index in [-0.39, 0.29) is 23.6 Å². The molecule has 28 nitrogen and oxygen atoms in total. The predicted molar refractivity (Wildman–Crippen MR) is 506 cm³/mol. The topological polar surface area (TPSA) is 272 Å². The van der Waals surface area contributed by atoms with E-state index in [0.29, 0.717) is 22.3 Å². The molecule has 24 rings (SSSR count). The number of nitrogens with zero attached hydrogens (tertiary/aromatic N) is 24. The summed E-state index contributed by atoms with van der Waals surface area (Å²) in [5.41, 5.74) is 33.4. The standard InChI is InChI=1S/4C17H14N4O.2C17H16N4/c2*1-20-14-10-6-5-9-13(14)15-16(21(2)19-18-15)11-7-3-4-8-12(11)17(20)22;2*1-20-14-10-6-5-9-13(14)16-15(18-19-21(16)2)11-7-3-4-8-12(11)17(20)22;2*1-20-11-12-7-3-4-8-13(12)17-16(18-19-21(17)2)14-9-5-6-10-15(14)20/h4*3-10H,1-2H3;2*3-10H,11H2,1-2H3. The van der Waals surface area contributed by atoms with Crippen LogP contribution in [0.3, 0.4) is 0 Å². The van der Waals surface area contributed by atoms with Crippen LogP contribution in [0.15, 0.2) is 291 Å². The van der Waals surface area contributed by atoms with Crippen molar-refractivity contribution in [3.8, 4) is 135 Å². The van der Waals surface area contributed by atoms with Gasteiger partial charge in [-0.15, -0.1) is 30.6 Å². The summed E-state index contributed by atoms with van der Waals surface area (Å²) in [6.07, 6.45) is 0. The Morgan fingerprint density at radius 3 is 0.623 bits per heavy atom. The zero-order valence-electron chi connectivity index (χ0n) is 73.5. The minimum absolute atomic E-state index is 0.0325. The van der Waals surface area contributed by atoms with Gasteiger partial charge in [-0.2, -0.15) is 0 Å². The van der Waals surface area contributed by atoms with E-state index in [4.69, 9.17) is 0 Å². The van der Waals surface area contributed by atoms with Crippen molar-refractivity contribution in [2.75, 3.05) is 71.7 Å². The van der Waals surface area contributed by atoms with E-state index >= 15 is 0 Å². The molecule has 6 aliphatic heterocycles. The highest BCUT2D eigenvalue weighted by Crippen LogP contribution is 2.48. The van der Waals surface area contributed by atoms with Crippen LogP contribution in [0, 0.1) is 0 Å². The zero-order chi connectivity index (χ0) is 89.9. The highest BCUT2D eigenvalue weighted by atomic mass is 16.2. The average Bonchev–Trinajstić information content (AvgIpc) is 1.43. The largest absolute Gasteiger partial charge is 0.370 e. The van der Waals surface area contributed by atoms with E-state index in [1.807, 2.05) is 246 Å². The Kier molecular flexibility index (Phi) is 21.7. The van der Waals surface area contributed by atoms with Gasteiger partial charge in [0, 0.05) is 198 Å². The molecule has 0 spiro atoms. The van der Waals surface area contributed by atoms with Gasteiger partial charge in [0.2, 0.25) is 0 Å². The summed E-state index contributed by atoms with van der Waals surface area (Å²) in [5, 5.41) is 51.3. The fraction of sp³-hybridized carbons (Fsp3) is 0.137. The van der Waals surface area contributed by atoms with Crippen molar-refractivity contribution >= 4 is 57.8 Å². The zero-order valence-corrected chi connectivity index (χ0v) is 73.5. The highest BCUT2D eigenvalue weighted by Gasteiger charge is 2.35. The number of anilines is 6. The Balaban J connectivity index is 0.000000101. The number of fused-ring (bicyclic) bond motifs is 30. The maximum atomic E-state index is 12.9. The van der Waals surface area contributed by atoms with Gasteiger partial charge < -0.3 is 29.4 Å². The summed E-state index contributed by atoms with van der Waals surface area (Å²) in [6, 6.07) is 95.2. The third-order valence-electron chi connectivity index (χ3n) is 24.4. The number of benzene rings is 12. The van der Waals surface area contributed by atoms with Gasteiger partial charge >= 0.3 is 0 Å². The first kappa shape index (κ1) is 82.6. The molecular weight excluding hydrogens is 1630 g/mol. The number of rotatable bonds is 0. The maximum Gasteiger partial charge on any atom is 0.258 e. The van der Waals surface area contributed by atoms with Crippen molar-refractivity contribution in [3.63, 3.8) is 0 Å². The Morgan fingerprint density at radius 1 is 0.177 bits per heavy atom. The number of amides is 4. The average molecular weight is 1710 g/mol. The summed E-state index contributed by atoms with van der Waals surface area (Å²) in [7, 11) is 22.8. The first-order chi connectivity index (χ1) is 63.2. The predicted octanol–water partition coefficient (Wildman–Crippen LogP) is 17.2. The molecule has 0 aliphatic carbocycles. The molecule has 130 heavy (non-hydrogen) atoms. The highest BCUT2D eigenvalue weighted by molar-refractivity contribution is 6.17. The lowest BCUT2D eigenvalue weighted by molar-refractivity contribution is 0.0986. The molecular formula is C102H88N24O4. The summed E-state index contributed by atoms with van der Waals surface area (Å²) in [5.74, 6) is -0.150. The monoisotopic (exact) mass is 1710 g/mol. The molecule has 640 valence electrons. The van der Waals surface area contributed by atoms with Crippen LogP contribution in [0.2, 0.25) is 0 Å². The molecule has 0 N–H and O–H groups in total. The first-order valence-electron chi connectivity index (χ1n) is 42.3. The minimum Gasteiger partial charge on any atom is -0.370 e. The molecule has 0 saturated heterocycles. The number of aromatic nitrogens is 18. The van der Waals surface area contributed by atoms with E-state index in [1.54, 1.807) is 66.5 Å². The molecule has 0 atom stereocenters. The molecule has 6 aromatic heterocycles. The fourth-order valence-electron chi connectivity index (χ4n) is 18.0. The molecule has 4 amide bonds. The van der Waals surface area contributed by atoms with Crippen molar-refractivity contribution in [1.82, 2.24) is 90.0 Å². The van der Waals surface area contributed by atoms with Crippen LogP contribution < -0.4 is 29.4 Å². The number of aryl methyl sites for hydroxylation is 6. The van der Waals surface area contributed by atoms with E-state index in [9.17, 15) is 19.2 Å². The van der Waals surface area contributed by atoms with Crippen LogP contribution in [0.25, 0.3) is 135 Å². The molecule has 28 heteroatoms. The summed E-state index contributed by atoms with van der Waals surface area (Å²) in [4.78, 5) is 62.7. The maximum absolute atomic E-state index is 12.9. The fourth-order valence-corrected chi connectivity index (χ4v) is 18.0. The molecule has 0 unspecified atom stereocenters. The van der Waals surface area contributed by atoms with E-state index < -0.39 is 0 Å². The molecule has 12 aromatic carbocycles. The van der Waals surface area contributed by atoms with Crippen LogP contribution >= 0.6 is 0 Å². The smallest absolute Gasteiger partial charge is 0.258 e. The Hall–Kier alpha value is -17.0. The van der Waals surface area contributed by atoms with Crippen LogP contribution in [-0.2, 0) is 55.4 Å². The van der Waals surface area contributed by atoms with Gasteiger partial charge in [-0.05, 0) is 71.8 Å². The minimum atomic E-state index is -0.0423. The van der Waals surface area contributed by atoms with Crippen molar-refractivity contribution in [2.45, 2.75) is 13.1 Å². The van der Waals surface area contributed by atoms with Gasteiger partial charge in [-0.1, -0.05) is 262 Å². The van der Waals surface area contributed by atoms with Crippen molar-refractivity contribution < 1.29 is 19.2 Å². The second-order valence-corrected chi connectivity index (χ2v) is 32.2. The Labute approximate surface area is 749 Å². The molecule has 0 saturated carbocycles. The molecule has 0 radical (unpaired) electrons. The summed E-state index contributed by atoms with van der Waals surface area (Å²) >= 11 is 0. The van der Waals surface area contributed by atoms with Gasteiger partial charge in [0.1, 0.15) is 34.2 Å². The lowest BCUT2D eigenvalue weighted by atomic mass is 9.95. The lowest BCUT2D eigenvalue weighted by Gasteiger charge is -2.26. The van der Waals surface area contributed by atoms with Crippen molar-refractivity contribution in [2.24, 2.45) is 42.3 Å². The van der Waals surface area contributed by atoms with Crippen LogP contribution in [0.4, 0.5) is 34.1 Å². The summed E-state index contributed by atoms with van der Waals surface area (Å²) in [6.45, 7) is 1.75. The second-order valence-electron chi connectivity index (χ2n) is 32.2. The number of carbonyl (C=O) groups excluding carboxylic acids is 4. The third kappa shape index (κ3) is 14.4. The van der Waals surface area contributed by atoms with Gasteiger partial charge in [0.05, 0.1) is 56.9 Å². The normalized spacial score (nSPS) is 13.0. The molecule has 18 aromatic rings. The van der Waals surface area contributed by atoms with Gasteiger partial charge in [0.25, 0.3) is 23.6 Å². The van der Waals surface area contributed by atoms with Crippen LogP contribution in [0.1, 0.15) is 52.6 Å². The van der Waals surface area contributed by atoms with Crippen molar-refractivity contribution in [1.29, 1.82) is 0 Å². The number of para-hydroxylation sites is 6. The molecule has 0 fully saturated rings. The van der Waals surface area contributed by atoms with Crippen molar-refractivity contribution in [3.05, 3.63) is 325 Å². The van der Waals surface area contributed by atoms with Crippen LogP contribution in [-0.4, -0.2) is 156 Å². The second kappa shape index (κ2) is 34.1. The Morgan fingerprint density at radius 2 is 0.346 bits per heavy atom. The quantitative estimate of drug-likeness (QED) is 0.136. The molecule has 6 aliphatic rings. The van der Waals surface area contributed by atoms with E-state index in [2.05, 4.69) is 183 Å². The molecule has 0 bridgehead atoms. The summed E-state index contributed by atoms with van der Waals surface area (Å²) < 4.78 is 10.7. The lowest BCUT2D eigenvalue weighted by Crippen LogP contribution is -2.28.